The van der Waals surface area contributed by atoms with Gasteiger partial charge in [0.15, 0.2) is 0 Å². The molecule has 66 valence electrons. The molecule has 0 bridgehead atoms. The Bertz CT molecular complexity index is 89.6. The molecule has 0 radical (unpaired) electrons. The second-order valence-corrected chi connectivity index (χ2v) is 2.32. The molecule has 0 rings (SSSR count). The number of hydrogen-bond acceptors (Lipinski definition) is 2. The third-order valence-corrected chi connectivity index (χ3v) is 1.26. The lowest BCUT2D eigenvalue weighted by atomic mass is 10.4. The van der Waals surface area contributed by atoms with Crippen LogP contribution in [0.5, 0.6) is 0 Å². The molecule has 0 aromatic rings. The summed E-state index contributed by atoms with van der Waals surface area (Å²) in [5.41, 5.74) is 0. The molecule has 2 nitrogen and oxygen atoms in total. The monoisotopic (exact) mass is 158 g/mol. The summed E-state index contributed by atoms with van der Waals surface area (Å²) < 4.78 is 10.3. The Hall–Kier alpha value is -0.340. The van der Waals surface area contributed by atoms with Crippen molar-refractivity contribution in [2.24, 2.45) is 0 Å². The summed E-state index contributed by atoms with van der Waals surface area (Å²) in [6.07, 6.45) is 6.22. The first-order valence-corrected chi connectivity index (χ1v) is 4.18. The van der Waals surface area contributed by atoms with Crippen LogP contribution in [-0.4, -0.2) is 20.0 Å². The van der Waals surface area contributed by atoms with Crippen LogP contribution in [0.1, 0.15) is 26.7 Å². The Labute approximate surface area is 69.2 Å². The van der Waals surface area contributed by atoms with Crippen LogP contribution in [0.4, 0.5) is 0 Å². The molecule has 0 aliphatic rings. The minimum Gasteiger partial charge on any atom is -0.355 e. The van der Waals surface area contributed by atoms with Crippen LogP contribution in [0.15, 0.2) is 12.2 Å². The minimum atomic E-state index is 0.421. The number of ether oxygens (including phenoxy) is 2. The average Bonchev–Trinajstić information content (AvgIpc) is 2.03. The molecule has 0 aliphatic heterocycles. The van der Waals surface area contributed by atoms with Gasteiger partial charge in [-0.15, -0.1) is 0 Å². The summed E-state index contributed by atoms with van der Waals surface area (Å²) in [6.45, 7) is 6.00. The third kappa shape index (κ3) is 9.66. The Morgan fingerprint density at radius 3 is 2.73 bits per heavy atom. The van der Waals surface area contributed by atoms with Crippen molar-refractivity contribution in [2.75, 3.05) is 20.0 Å². The first-order chi connectivity index (χ1) is 5.41. The second kappa shape index (κ2) is 9.66. The number of rotatable bonds is 7. The quantitative estimate of drug-likeness (QED) is 0.322. The molecule has 0 saturated heterocycles. The molecule has 11 heavy (non-hydrogen) atoms. The van der Waals surface area contributed by atoms with E-state index in [4.69, 9.17) is 9.47 Å². The van der Waals surface area contributed by atoms with Gasteiger partial charge in [0.05, 0.1) is 6.61 Å². The van der Waals surface area contributed by atoms with E-state index in [9.17, 15) is 0 Å². The van der Waals surface area contributed by atoms with Crippen LogP contribution in [0.3, 0.4) is 0 Å². The van der Waals surface area contributed by atoms with Crippen LogP contribution in [0, 0.1) is 0 Å². The highest BCUT2D eigenvalue weighted by molar-refractivity contribution is 4.75. The second-order valence-electron chi connectivity index (χ2n) is 2.32. The maximum atomic E-state index is 5.16. The molecular weight excluding hydrogens is 140 g/mol. The van der Waals surface area contributed by atoms with E-state index in [1.54, 1.807) is 0 Å². The number of unbranched alkanes of at least 4 members (excludes halogenated alkanes) is 1. The summed E-state index contributed by atoms with van der Waals surface area (Å²) in [5.74, 6) is 0. The minimum absolute atomic E-state index is 0.421. The van der Waals surface area contributed by atoms with Crippen molar-refractivity contribution in [3.05, 3.63) is 12.2 Å². The Balaban J connectivity index is 2.79. The summed E-state index contributed by atoms with van der Waals surface area (Å²) in [5, 5.41) is 0. The maximum Gasteiger partial charge on any atom is 0.147 e. The van der Waals surface area contributed by atoms with Crippen molar-refractivity contribution >= 4 is 0 Å². The smallest absolute Gasteiger partial charge is 0.147 e. The van der Waals surface area contributed by atoms with Gasteiger partial charge in [-0.05, 0) is 13.3 Å². The van der Waals surface area contributed by atoms with Crippen LogP contribution >= 0.6 is 0 Å². The molecule has 0 aromatic heterocycles. The van der Waals surface area contributed by atoms with E-state index in [0.29, 0.717) is 13.4 Å². The standard InChI is InChI=1S/C9H18O2/c1-3-5-7-10-9-11-8-6-4-2/h3,5H,4,6-9H2,1-2H3. The molecule has 0 aromatic carbocycles. The van der Waals surface area contributed by atoms with Gasteiger partial charge in [-0.2, -0.15) is 0 Å². The summed E-state index contributed by atoms with van der Waals surface area (Å²) >= 11 is 0. The van der Waals surface area contributed by atoms with Gasteiger partial charge < -0.3 is 9.47 Å². The van der Waals surface area contributed by atoms with Crippen molar-refractivity contribution in [3.63, 3.8) is 0 Å². The summed E-state index contributed by atoms with van der Waals surface area (Å²) in [6, 6.07) is 0. The SMILES string of the molecule is CC=CCOCOCCCC. The average molecular weight is 158 g/mol. The zero-order valence-corrected chi connectivity index (χ0v) is 7.51. The topological polar surface area (TPSA) is 18.5 Å². The molecule has 2 heteroatoms. The molecular formula is C9H18O2. The Morgan fingerprint density at radius 2 is 2.09 bits per heavy atom. The number of hydrogen-bond donors (Lipinski definition) is 0. The van der Waals surface area contributed by atoms with Crippen molar-refractivity contribution in [2.45, 2.75) is 26.7 Å². The van der Waals surface area contributed by atoms with E-state index in [1.165, 1.54) is 6.42 Å². The van der Waals surface area contributed by atoms with Gasteiger partial charge in [0.2, 0.25) is 0 Å². The van der Waals surface area contributed by atoms with Gasteiger partial charge in [0, 0.05) is 6.61 Å². The predicted molar refractivity (Wildman–Crippen MR) is 46.5 cm³/mol. The fourth-order valence-electron chi connectivity index (χ4n) is 0.577. The van der Waals surface area contributed by atoms with Crippen molar-refractivity contribution in [1.29, 1.82) is 0 Å². The predicted octanol–water partition coefficient (Wildman–Crippen LogP) is 2.35. The number of allylic oxidation sites excluding steroid dienone is 1. The normalized spacial score (nSPS) is 11.1. The van der Waals surface area contributed by atoms with E-state index in [0.717, 1.165) is 13.0 Å². The highest BCUT2D eigenvalue weighted by Gasteiger charge is 1.84. The van der Waals surface area contributed by atoms with E-state index in [2.05, 4.69) is 6.92 Å². The van der Waals surface area contributed by atoms with E-state index >= 15 is 0 Å². The van der Waals surface area contributed by atoms with Crippen molar-refractivity contribution in [3.8, 4) is 0 Å². The van der Waals surface area contributed by atoms with Crippen molar-refractivity contribution in [1.82, 2.24) is 0 Å². The maximum absolute atomic E-state index is 5.16. The molecule has 0 fully saturated rings. The molecule has 0 spiro atoms. The molecule has 0 saturated carbocycles. The third-order valence-electron chi connectivity index (χ3n) is 1.26. The molecule has 0 aliphatic carbocycles. The summed E-state index contributed by atoms with van der Waals surface area (Å²) in [7, 11) is 0. The zero-order valence-electron chi connectivity index (χ0n) is 7.51. The molecule has 0 unspecified atom stereocenters. The molecule has 0 amide bonds. The van der Waals surface area contributed by atoms with Gasteiger partial charge >= 0.3 is 0 Å². The largest absolute Gasteiger partial charge is 0.355 e. The Morgan fingerprint density at radius 1 is 1.27 bits per heavy atom. The first-order valence-electron chi connectivity index (χ1n) is 4.18. The van der Waals surface area contributed by atoms with Crippen LogP contribution in [0.2, 0.25) is 0 Å². The van der Waals surface area contributed by atoms with E-state index in [-0.39, 0.29) is 0 Å². The van der Waals surface area contributed by atoms with Gasteiger partial charge in [-0.25, -0.2) is 0 Å². The lowest BCUT2D eigenvalue weighted by molar-refractivity contribution is -0.0445. The fraction of sp³-hybridized carbons (Fsp3) is 0.778. The highest BCUT2D eigenvalue weighted by Crippen LogP contribution is 1.88. The van der Waals surface area contributed by atoms with Crippen molar-refractivity contribution < 1.29 is 9.47 Å². The summed E-state index contributed by atoms with van der Waals surface area (Å²) in [4.78, 5) is 0. The first kappa shape index (κ1) is 10.7. The molecule has 0 N–H and O–H groups in total. The van der Waals surface area contributed by atoms with E-state index in [1.807, 2.05) is 19.1 Å². The van der Waals surface area contributed by atoms with Crippen LogP contribution < -0.4 is 0 Å². The zero-order chi connectivity index (χ0) is 8.36. The lowest BCUT2D eigenvalue weighted by Crippen LogP contribution is -2.00. The van der Waals surface area contributed by atoms with Gasteiger partial charge in [0.1, 0.15) is 6.79 Å². The van der Waals surface area contributed by atoms with Gasteiger partial charge in [0.25, 0.3) is 0 Å². The fourth-order valence-corrected chi connectivity index (χ4v) is 0.577. The molecule has 0 heterocycles. The lowest BCUT2D eigenvalue weighted by Gasteiger charge is -2.01. The molecule has 0 atom stereocenters. The Kier molecular flexibility index (Phi) is 9.36. The van der Waals surface area contributed by atoms with Gasteiger partial charge in [-0.3, -0.25) is 0 Å². The highest BCUT2D eigenvalue weighted by atomic mass is 16.7. The van der Waals surface area contributed by atoms with Gasteiger partial charge in [-0.1, -0.05) is 25.5 Å². The van der Waals surface area contributed by atoms with Crippen LogP contribution in [0.25, 0.3) is 0 Å². The van der Waals surface area contributed by atoms with E-state index < -0.39 is 0 Å². The van der Waals surface area contributed by atoms with Crippen LogP contribution in [-0.2, 0) is 9.47 Å².